The molecule has 0 spiro atoms. The molecule has 0 unspecified atom stereocenters. The Labute approximate surface area is 139 Å². The first-order valence-electron chi connectivity index (χ1n) is 7.51. The number of nitrogens with zero attached hydrogens (tertiary/aromatic N) is 3. The maximum atomic E-state index is 12.4. The van der Waals surface area contributed by atoms with Crippen molar-refractivity contribution in [3.05, 3.63) is 24.3 Å². The number of hydrogen-bond acceptors (Lipinski definition) is 6. The number of benzene rings is 1. The van der Waals surface area contributed by atoms with Gasteiger partial charge in [-0.05, 0) is 37.1 Å². The number of aromatic nitrogens is 2. The first-order chi connectivity index (χ1) is 11.2. The first kappa shape index (κ1) is 15.9. The summed E-state index contributed by atoms with van der Waals surface area (Å²) in [7, 11) is 3.26. The SMILES string of the molecule is COCCN(C(=O)C1CC1)c1nnc(-c2ccc(OC)cc2)s1. The maximum absolute atomic E-state index is 12.4. The van der Waals surface area contributed by atoms with Gasteiger partial charge in [-0.15, -0.1) is 10.2 Å². The number of carbonyl (C=O) groups is 1. The van der Waals surface area contributed by atoms with E-state index in [1.807, 2.05) is 24.3 Å². The molecule has 1 aromatic carbocycles. The Balaban J connectivity index is 1.80. The van der Waals surface area contributed by atoms with Gasteiger partial charge >= 0.3 is 0 Å². The zero-order valence-electron chi connectivity index (χ0n) is 13.2. The van der Waals surface area contributed by atoms with Gasteiger partial charge in [0.1, 0.15) is 10.8 Å². The Kier molecular flexibility index (Phi) is 4.88. The third-order valence-corrected chi connectivity index (χ3v) is 4.69. The zero-order chi connectivity index (χ0) is 16.2. The standard InChI is InChI=1S/C16H19N3O3S/c1-21-10-9-19(15(20)12-3-4-12)16-18-17-14(23-16)11-5-7-13(22-2)8-6-11/h5-8,12H,3-4,9-10H2,1-2H3. The molecule has 0 atom stereocenters. The summed E-state index contributed by atoms with van der Waals surface area (Å²) in [4.78, 5) is 14.1. The van der Waals surface area contributed by atoms with Crippen molar-refractivity contribution in [1.29, 1.82) is 0 Å². The van der Waals surface area contributed by atoms with Crippen molar-refractivity contribution in [2.24, 2.45) is 5.92 Å². The molecule has 2 aromatic rings. The van der Waals surface area contributed by atoms with Crippen molar-refractivity contribution in [2.75, 3.05) is 32.3 Å². The lowest BCUT2D eigenvalue weighted by atomic mass is 10.2. The van der Waals surface area contributed by atoms with Gasteiger partial charge in [0.15, 0.2) is 0 Å². The number of carbonyl (C=O) groups excluding carboxylic acids is 1. The van der Waals surface area contributed by atoms with Crippen LogP contribution in [0.3, 0.4) is 0 Å². The minimum absolute atomic E-state index is 0.125. The second-order valence-corrected chi connectivity index (χ2v) is 6.33. The van der Waals surface area contributed by atoms with E-state index in [1.165, 1.54) is 11.3 Å². The first-order valence-corrected chi connectivity index (χ1v) is 8.33. The van der Waals surface area contributed by atoms with Crippen LogP contribution in [0.4, 0.5) is 5.13 Å². The van der Waals surface area contributed by atoms with Crippen molar-refractivity contribution in [2.45, 2.75) is 12.8 Å². The largest absolute Gasteiger partial charge is 0.497 e. The van der Waals surface area contributed by atoms with E-state index in [-0.39, 0.29) is 11.8 Å². The zero-order valence-corrected chi connectivity index (χ0v) is 14.0. The van der Waals surface area contributed by atoms with E-state index >= 15 is 0 Å². The Morgan fingerprint density at radius 2 is 2.00 bits per heavy atom. The van der Waals surface area contributed by atoms with Crippen molar-refractivity contribution >= 4 is 22.4 Å². The molecule has 1 aliphatic carbocycles. The summed E-state index contributed by atoms with van der Waals surface area (Å²) >= 11 is 1.42. The maximum Gasteiger partial charge on any atom is 0.232 e. The number of anilines is 1. The fourth-order valence-corrected chi connectivity index (χ4v) is 3.09. The third kappa shape index (κ3) is 3.68. The van der Waals surface area contributed by atoms with Crippen molar-refractivity contribution < 1.29 is 14.3 Å². The van der Waals surface area contributed by atoms with Crippen LogP contribution in [0.25, 0.3) is 10.6 Å². The quantitative estimate of drug-likeness (QED) is 0.779. The molecule has 1 saturated carbocycles. The molecule has 1 aliphatic rings. The molecule has 0 aliphatic heterocycles. The molecule has 1 amide bonds. The Morgan fingerprint density at radius 3 is 2.61 bits per heavy atom. The van der Waals surface area contributed by atoms with E-state index in [0.29, 0.717) is 18.3 Å². The lowest BCUT2D eigenvalue weighted by Gasteiger charge is -2.18. The molecule has 122 valence electrons. The molecular formula is C16H19N3O3S. The van der Waals surface area contributed by atoms with E-state index in [2.05, 4.69) is 10.2 Å². The van der Waals surface area contributed by atoms with Crippen LogP contribution < -0.4 is 9.64 Å². The minimum Gasteiger partial charge on any atom is -0.497 e. The van der Waals surface area contributed by atoms with Crippen LogP contribution in [0.5, 0.6) is 5.75 Å². The number of ether oxygens (including phenoxy) is 2. The van der Waals surface area contributed by atoms with Gasteiger partial charge in [-0.25, -0.2) is 0 Å². The van der Waals surface area contributed by atoms with Gasteiger partial charge in [0.25, 0.3) is 0 Å². The fourth-order valence-electron chi connectivity index (χ4n) is 2.21. The molecule has 0 saturated heterocycles. The molecule has 0 radical (unpaired) electrons. The van der Waals surface area contributed by atoms with Crippen LogP contribution in [0.1, 0.15) is 12.8 Å². The molecule has 23 heavy (non-hydrogen) atoms. The average Bonchev–Trinajstić information content (AvgIpc) is 3.33. The number of hydrogen-bond donors (Lipinski definition) is 0. The normalized spacial score (nSPS) is 13.8. The highest BCUT2D eigenvalue weighted by Crippen LogP contribution is 2.35. The van der Waals surface area contributed by atoms with E-state index in [1.54, 1.807) is 19.1 Å². The molecule has 1 aromatic heterocycles. The number of amides is 1. The number of methoxy groups -OCH3 is 2. The van der Waals surface area contributed by atoms with Crippen LogP contribution in [-0.2, 0) is 9.53 Å². The highest BCUT2D eigenvalue weighted by atomic mass is 32.1. The second kappa shape index (κ2) is 7.06. The molecule has 0 bridgehead atoms. The topological polar surface area (TPSA) is 64.5 Å². The summed E-state index contributed by atoms with van der Waals surface area (Å²) in [5.74, 6) is 1.06. The monoisotopic (exact) mass is 333 g/mol. The third-order valence-electron chi connectivity index (χ3n) is 3.69. The summed E-state index contributed by atoms with van der Waals surface area (Å²) in [6.07, 6.45) is 1.93. The predicted octanol–water partition coefficient (Wildman–Crippen LogP) is 2.60. The molecule has 1 fully saturated rings. The van der Waals surface area contributed by atoms with E-state index in [9.17, 15) is 4.79 Å². The summed E-state index contributed by atoms with van der Waals surface area (Å²) in [6, 6.07) is 7.64. The van der Waals surface area contributed by atoms with Crippen molar-refractivity contribution in [3.8, 4) is 16.3 Å². The van der Waals surface area contributed by atoms with Gasteiger partial charge in [-0.3, -0.25) is 9.69 Å². The Hall–Kier alpha value is -1.99. The van der Waals surface area contributed by atoms with Crippen LogP contribution in [0.15, 0.2) is 24.3 Å². The summed E-state index contributed by atoms with van der Waals surface area (Å²) in [5.41, 5.74) is 0.958. The van der Waals surface area contributed by atoms with Crippen molar-refractivity contribution in [3.63, 3.8) is 0 Å². The van der Waals surface area contributed by atoms with Gasteiger partial charge in [-0.2, -0.15) is 0 Å². The molecule has 3 rings (SSSR count). The lowest BCUT2D eigenvalue weighted by Crippen LogP contribution is -2.35. The van der Waals surface area contributed by atoms with Crippen LogP contribution >= 0.6 is 11.3 Å². The molecular weight excluding hydrogens is 314 g/mol. The van der Waals surface area contributed by atoms with Crippen LogP contribution in [0, 0.1) is 5.92 Å². The van der Waals surface area contributed by atoms with Gasteiger partial charge in [0, 0.05) is 18.6 Å². The Bertz CT molecular complexity index is 667. The summed E-state index contributed by atoms with van der Waals surface area (Å²) in [5, 5.41) is 9.85. The average molecular weight is 333 g/mol. The highest BCUT2D eigenvalue weighted by Gasteiger charge is 2.35. The highest BCUT2D eigenvalue weighted by molar-refractivity contribution is 7.18. The molecule has 7 heteroatoms. The predicted molar refractivity (Wildman–Crippen MR) is 88.9 cm³/mol. The van der Waals surface area contributed by atoms with Crippen LogP contribution in [-0.4, -0.2) is 43.5 Å². The van der Waals surface area contributed by atoms with Gasteiger partial charge < -0.3 is 9.47 Å². The second-order valence-electron chi connectivity index (χ2n) is 5.38. The summed E-state index contributed by atoms with van der Waals surface area (Å²) in [6.45, 7) is 0.985. The van der Waals surface area contributed by atoms with E-state index in [4.69, 9.17) is 9.47 Å². The van der Waals surface area contributed by atoms with E-state index in [0.717, 1.165) is 29.2 Å². The minimum atomic E-state index is 0.125. The molecule has 6 nitrogen and oxygen atoms in total. The van der Waals surface area contributed by atoms with Gasteiger partial charge in [0.05, 0.1) is 20.3 Å². The van der Waals surface area contributed by atoms with Crippen molar-refractivity contribution in [1.82, 2.24) is 10.2 Å². The molecule has 0 N–H and O–H groups in total. The van der Waals surface area contributed by atoms with E-state index < -0.39 is 0 Å². The van der Waals surface area contributed by atoms with Crippen LogP contribution in [0.2, 0.25) is 0 Å². The smallest absolute Gasteiger partial charge is 0.232 e. The Morgan fingerprint density at radius 1 is 1.26 bits per heavy atom. The number of rotatable bonds is 7. The van der Waals surface area contributed by atoms with Gasteiger partial charge in [0.2, 0.25) is 11.0 Å². The summed E-state index contributed by atoms with van der Waals surface area (Å²) < 4.78 is 10.3. The molecule has 1 heterocycles. The lowest BCUT2D eigenvalue weighted by molar-refractivity contribution is -0.119. The fraction of sp³-hybridized carbons (Fsp3) is 0.438. The van der Waals surface area contributed by atoms with Gasteiger partial charge in [-0.1, -0.05) is 11.3 Å².